The lowest BCUT2D eigenvalue weighted by Gasteiger charge is -2.44. The van der Waals surface area contributed by atoms with E-state index in [2.05, 4.69) is 10.2 Å². The van der Waals surface area contributed by atoms with E-state index >= 15 is 0 Å². The van der Waals surface area contributed by atoms with Gasteiger partial charge >= 0.3 is 5.97 Å². The van der Waals surface area contributed by atoms with Crippen molar-refractivity contribution in [3.05, 3.63) is 0 Å². The summed E-state index contributed by atoms with van der Waals surface area (Å²) in [7, 11) is 0. The molecule has 0 bridgehead atoms. The number of nitrogens with one attached hydrogen (secondary N) is 1. The van der Waals surface area contributed by atoms with E-state index in [4.69, 9.17) is 4.74 Å². The number of carbonyl (C=O) groups excluding carboxylic acids is 1. The fraction of sp³-hybridized carbons (Fsp3) is 0.938. The lowest BCUT2D eigenvalue weighted by Crippen LogP contribution is -2.49. The SMILES string of the molecule is O=C(OC[C@@H]1CCCN2CCCC[C@@H]12)[C@@H]1CCCNC1. The number of carbonyl (C=O) groups is 1. The zero-order chi connectivity index (χ0) is 13.8. The monoisotopic (exact) mass is 280 g/mol. The Morgan fingerprint density at radius 1 is 1.10 bits per heavy atom. The van der Waals surface area contributed by atoms with E-state index in [0.29, 0.717) is 18.6 Å². The van der Waals surface area contributed by atoms with Crippen molar-refractivity contribution < 1.29 is 9.53 Å². The second-order valence-electron chi connectivity index (χ2n) is 6.67. The van der Waals surface area contributed by atoms with Crippen molar-refractivity contribution in [2.24, 2.45) is 11.8 Å². The van der Waals surface area contributed by atoms with Crippen LogP contribution < -0.4 is 5.32 Å². The highest BCUT2D eigenvalue weighted by Gasteiger charge is 2.34. The molecule has 3 fully saturated rings. The molecule has 1 N–H and O–H groups in total. The summed E-state index contributed by atoms with van der Waals surface area (Å²) in [6, 6.07) is 0.676. The first-order valence-corrected chi connectivity index (χ1v) is 8.46. The Hall–Kier alpha value is -0.610. The van der Waals surface area contributed by atoms with Gasteiger partial charge in [0.05, 0.1) is 12.5 Å². The summed E-state index contributed by atoms with van der Waals surface area (Å²) in [5.74, 6) is 0.699. The number of piperidine rings is 3. The molecule has 0 saturated carbocycles. The molecule has 0 amide bonds. The molecule has 4 heteroatoms. The van der Waals surface area contributed by atoms with Crippen LogP contribution in [0.5, 0.6) is 0 Å². The van der Waals surface area contributed by atoms with Crippen LogP contribution in [0.15, 0.2) is 0 Å². The van der Waals surface area contributed by atoms with Crippen LogP contribution in [0.2, 0.25) is 0 Å². The molecule has 3 heterocycles. The van der Waals surface area contributed by atoms with Crippen molar-refractivity contribution in [3.8, 4) is 0 Å². The summed E-state index contributed by atoms with van der Waals surface area (Å²) in [5, 5.41) is 3.29. The van der Waals surface area contributed by atoms with E-state index in [0.717, 1.165) is 25.9 Å². The molecule has 0 aromatic carbocycles. The summed E-state index contributed by atoms with van der Waals surface area (Å²) in [6.45, 7) is 5.00. The third-order valence-electron chi connectivity index (χ3n) is 5.30. The van der Waals surface area contributed by atoms with E-state index in [9.17, 15) is 4.79 Å². The van der Waals surface area contributed by atoms with Gasteiger partial charge in [-0.15, -0.1) is 0 Å². The Bertz CT molecular complexity index is 326. The fourth-order valence-corrected chi connectivity index (χ4v) is 4.13. The molecule has 3 aliphatic rings. The lowest BCUT2D eigenvalue weighted by molar-refractivity contribution is -0.152. The normalized spacial score (nSPS) is 35.3. The maximum atomic E-state index is 12.1. The van der Waals surface area contributed by atoms with Crippen molar-refractivity contribution in [2.45, 2.75) is 51.0 Å². The Morgan fingerprint density at radius 3 is 2.85 bits per heavy atom. The fourth-order valence-electron chi connectivity index (χ4n) is 4.13. The zero-order valence-electron chi connectivity index (χ0n) is 12.5. The van der Waals surface area contributed by atoms with Crippen LogP contribution in [0.1, 0.15) is 44.9 Å². The zero-order valence-corrected chi connectivity index (χ0v) is 12.5. The van der Waals surface area contributed by atoms with Crippen LogP contribution >= 0.6 is 0 Å². The number of hydrogen-bond acceptors (Lipinski definition) is 4. The number of fused-ring (bicyclic) bond motifs is 1. The van der Waals surface area contributed by atoms with E-state index in [1.54, 1.807) is 0 Å². The summed E-state index contributed by atoms with van der Waals surface area (Å²) in [5.41, 5.74) is 0. The maximum Gasteiger partial charge on any atom is 0.310 e. The second kappa shape index (κ2) is 6.90. The number of ether oxygens (including phenoxy) is 1. The van der Waals surface area contributed by atoms with Gasteiger partial charge in [0.1, 0.15) is 0 Å². The molecule has 3 aliphatic heterocycles. The highest BCUT2D eigenvalue weighted by atomic mass is 16.5. The molecule has 0 spiro atoms. The Labute approximate surface area is 122 Å². The first kappa shape index (κ1) is 14.3. The minimum atomic E-state index is 0.0325. The van der Waals surface area contributed by atoms with Gasteiger partial charge in [-0.2, -0.15) is 0 Å². The van der Waals surface area contributed by atoms with Crippen LogP contribution in [0, 0.1) is 11.8 Å². The van der Waals surface area contributed by atoms with Gasteiger partial charge in [-0.3, -0.25) is 9.69 Å². The van der Waals surface area contributed by atoms with Crippen LogP contribution in [0.3, 0.4) is 0 Å². The van der Waals surface area contributed by atoms with Crippen LogP contribution in [0.4, 0.5) is 0 Å². The second-order valence-corrected chi connectivity index (χ2v) is 6.67. The van der Waals surface area contributed by atoms with Gasteiger partial charge in [0.2, 0.25) is 0 Å². The van der Waals surface area contributed by atoms with Crippen molar-refractivity contribution in [3.63, 3.8) is 0 Å². The quantitative estimate of drug-likeness (QED) is 0.800. The number of rotatable bonds is 3. The number of nitrogens with zero attached hydrogens (tertiary/aromatic N) is 1. The maximum absolute atomic E-state index is 12.1. The van der Waals surface area contributed by atoms with Crippen molar-refractivity contribution in [1.82, 2.24) is 10.2 Å². The van der Waals surface area contributed by atoms with E-state index < -0.39 is 0 Å². The molecule has 114 valence electrons. The topological polar surface area (TPSA) is 41.6 Å². The number of esters is 1. The molecule has 20 heavy (non-hydrogen) atoms. The van der Waals surface area contributed by atoms with Crippen molar-refractivity contribution in [2.75, 3.05) is 32.8 Å². The Kier molecular flexibility index (Phi) is 4.94. The smallest absolute Gasteiger partial charge is 0.310 e. The molecular weight excluding hydrogens is 252 g/mol. The van der Waals surface area contributed by atoms with E-state index in [-0.39, 0.29) is 11.9 Å². The molecule has 0 aliphatic carbocycles. The first-order valence-electron chi connectivity index (χ1n) is 8.46. The molecule has 4 nitrogen and oxygen atoms in total. The van der Waals surface area contributed by atoms with Crippen molar-refractivity contribution >= 4 is 5.97 Å². The van der Waals surface area contributed by atoms with Gasteiger partial charge in [-0.1, -0.05) is 6.42 Å². The standard InChI is InChI=1S/C16H28N2O2/c19-16(13-5-3-8-17-11-13)20-12-14-6-4-10-18-9-2-1-7-15(14)18/h13-15,17H,1-12H2/t13-,14+,15+/m1/s1. The molecule has 3 atom stereocenters. The van der Waals surface area contributed by atoms with Gasteiger partial charge in [0, 0.05) is 18.5 Å². The molecule has 0 unspecified atom stereocenters. The minimum Gasteiger partial charge on any atom is -0.465 e. The van der Waals surface area contributed by atoms with Crippen LogP contribution in [-0.2, 0) is 9.53 Å². The molecule has 3 rings (SSSR count). The Morgan fingerprint density at radius 2 is 2.00 bits per heavy atom. The van der Waals surface area contributed by atoms with Gasteiger partial charge in [-0.05, 0) is 58.2 Å². The van der Waals surface area contributed by atoms with Gasteiger partial charge in [-0.25, -0.2) is 0 Å². The first-order chi connectivity index (χ1) is 9.84. The van der Waals surface area contributed by atoms with Crippen LogP contribution in [0.25, 0.3) is 0 Å². The summed E-state index contributed by atoms with van der Waals surface area (Å²) < 4.78 is 5.66. The molecule has 0 aromatic rings. The highest BCUT2D eigenvalue weighted by Crippen LogP contribution is 2.31. The number of hydrogen-bond donors (Lipinski definition) is 1. The molecule has 0 aromatic heterocycles. The van der Waals surface area contributed by atoms with Crippen LogP contribution in [-0.4, -0.2) is 49.7 Å². The average molecular weight is 280 g/mol. The summed E-state index contributed by atoms with van der Waals surface area (Å²) >= 11 is 0. The largest absolute Gasteiger partial charge is 0.465 e. The van der Waals surface area contributed by atoms with Gasteiger partial charge < -0.3 is 10.1 Å². The van der Waals surface area contributed by atoms with Gasteiger partial charge in [0.15, 0.2) is 0 Å². The van der Waals surface area contributed by atoms with Crippen molar-refractivity contribution in [1.29, 1.82) is 0 Å². The highest BCUT2D eigenvalue weighted by molar-refractivity contribution is 5.72. The summed E-state index contributed by atoms with van der Waals surface area (Å²) in [6.07, 6.45) is 8.58. The van der Waals surface area contributed by atoms with Gasteiger partial charge in [0.25, 0.3) is 0 Å². The molecule has 3 saturated heterocycles. The van der Waals surface area contributed by atoms with E-state index in [1.165, 1.54) is 45.2 Å². The Balaban J connectivity index is 1.48. The predicted molar refractivity (Wildman–Crippen MR) is 78.5 cm³/mol. The minimum absolute atomic E-state index is 0.0325. The third-order valence-corrected chi connectivity index (χ3v) is 5.30. The van der Waals surface area contributed by atoms with E-state index in [1.807, 2.05) is 0 Å². The predicted octanol–water partition coefficient (Wildman–Crippen LogP) is 1.79. The summed E-state index contributed by atoms with van der Waals surface area (Å²) in [4.78, 5) is 14.8. The molecule has 0 radical (unpaired) electrons. The third kappa shape index (κ3) is 3.34. The lowest BCUT2D eigenvalue weighted by atomic mass is 9.84. The molecular formula is C16H28N2O2. The average Bonchev–Trinajstić information content (AvgIpc) is 2.53.